The number of aryl methyl sites for hydroxylation is 1. The Labute approximate surface area is 136 Å². The van der Waals surface area contributed by atoms with E-state index in [0.29, 0.717) is 0 Å². The van der Waals surface area contributed by atoms with Gasteiger partial charge in [0.25, 0.3) is 5.91 Å². The molecule has 24 heavy (non-hydrogen) atoms. The van der Waals surface area contributed by atoms with Crippen LogP contribution in [-0.4, -0.2) is 46.1 Å². The lowest BCUT2D eigenvalue weighted by molar-refractivity contribution is -0.184. The number of likely N-dealkylation sites (tertiary alicyclic amines) is 1. The number of halogens is 3. The molecule has 1 saturated heterocycles. The highest BCUT2D eigenvalue weighted by atomic mass is 19.4. The highest BCUT2D eigenvalue weighted by molar-refractivity contribution is 5.93. The summed E-state index contributed by atoms with van der Waals surface area (Å²) in [6.07, 6.45) is -3.31. The number of carbonyl (C=O) groups excluding carboxylic acids is 2. The second kappa shape index (κ2) is 6.55. The Morgan fingerprint density at radius 3 is 2.54 bits per heavy atom. The van der Waals surface area contributed by atoms with E-state index in [1.165, 1.54) is 30.8 Å². The molecule has 2 heterocycles. The fraction of sp³-hybridized carbons (Fsp3) is 0.533. The zero-order valence-corrected chi connectivity index (χ0v) is 13.2. The van der Waals surface area contributed by atoms with E-state index in [1.54, 1.807) is 0 Å². The van der Waals surface area contributed by atoms with E-state index in [9.17, 15) is 22.8 Å². The quantitative estimate of drug-likeness (QED) is 0.886. The first-order valence-electron chi connectivity index (χ1n) is 7.34. The number of alkyl halides is 3. The number of piperidine rings is 1. The summed E-state index contributed by atoms with van der Waals surface area (Å²) in [6, 6.07) is 0.679. The predicted octanol–water partition coefficient (Wildman–Crippen LogP) is 1.57. The number of rotatable bonds is 2. The molecule has 0 aromatic carbocycles. The van der Waals surface area contributed by atoms with Crippen LogP contribution in [0, 0.1) is 11.3 Å². The molecule has 2 atom stereocenters. The summed E-state index contributed by atoms with van der Waals surface area (Å²) in [6.45, 7) is 1.05. The molecule has 0 radical (unpaired) electrons. The van der Waals surface area contributed by atoms with Gasteiger partial charge >= 0.3 is 6.18 Å². The summed E-state index contributed by atoms with van der Waals surface area (Å²) in [7, 11) is 1.49. The van der Waals surface area contributed by atoms with Crippen LogP contribution in [0.2, 0.25) is 0 Å². The number of nitrogens with zero attached hydrogens (tertiary/aromatic N) is 3. The SMILES string of the molecule is CC(=O)N[C@@H]1CC[C@H](C(F)(F)F)N(C(=O)c2cc(C#N)cn2C)C1. The third-order valence-electron chi connectivity index (χ3n) is 3.98. The summed E-state index contributed by atoms with van der Waals surface area (Å²) >= 11 is 0. The van der Waals surface area contributed by atoms with Gasteiger partial charge in [0.15, 0.2) is 0 Å². The first-order chi connectivity index (χ1) is 11.1. The number of amides is 2. The Morgan fingerprint density at radius 1 is 1.38 bits per heavy atom. The molecular weight excluding hydrogens is 325 g/mol. The maximum Gasteiger partial charge on any atom is 0.408 e. The molecule has 1 aliphatic rings. The lowest BCUT2D eigenvalue weighted by atomic mass is 9.97. The van der Waals surface area contributed by atoms with Gasteiger partial charge < -0.3 is 14.8 Å². The zero-order valence-electron chi connectivity index (χ0n) is 13.2. The van der Waals surface area contributed by atoms with E-state index < -0.39 is 24.2 Å². The fourth-order valence-electron chi connectivity index (χ4n) is 2.93. The highest BCUT2D eigenvalue weighted by Gasteiger charge is 2.48. The Kier molecular flexibility index (Phi) is 4.87. The molecule has 0 spiro atoms. The van der Waals surface area contributed by atoms with Gasteiger partial charge in [0.2, 0.25) is 5.91 Å². The van der Waals surface area contributed by atoms with Crippen LogP contribution in [-0.2, 0) is 11.8 Å². The number of hydrogen-bond donors (Lipinski definition) is 1. The van der Waals surface area contributed by atoms with Crippen LogP contribution < -0.4 is 5.32 Å². The molecule has 1 aliphatic heterocycles. The van der Waals surface area contributed by atoms with E-state index in [1.807, 2.05) is 6.07 Å². The normalized spacial score (nSPS) is 21.2. The molecule has 6 nitrogen and oxygen atoms in total. The second-order valence-electron chi connectivity index (χ2n) is 5.83. The van der Waals surface area contributed by atoms with Crippen LogP contribution in [0.15, 0.2) is 12.3 Å². The number of hydrogen-bond acceptors (Lipinski definition) is 3. The van der Waals surface area contributed by atoms with Crippen molar-refractivity contribution in [3.8, 4) is 6.07 Å². The Bertz CT molecular complexity index is 690. The van der Waals surface area contributed by atoms with Gasteiger partial charge in [-0.25, -0.2) is 0 Å². The molecule has 1 N–H and O–H groups in total. The van der Waals surface area contributed by atoms with Gasteiger partial charge in [-0.1, -0.05) is 0 Å². The van der Waals surface area contributed by atoms with Crippen molar-refractivity contribution in [1.82, 2.24) is 14.8 Å². The lowest BCUT2D eigenvalue weighted by Gasteiger charge is -2.40. The predicted molar refractivity (Wildman–Crippen MR) is 77.8 cm³/mol. The largest absolute Gasteiger partial charge is 0.408 e. The smallest absolute Gasteiger partial charge is 0.352 e. The number of nitrogens with one attached hydrogen (secondary N) is 1. The van der Waals surface area contributed by atoms with Gasteiger partial charge in [-0.3, -0.25) is 9.59 Å². The van der Waals surface area contributed by atoms with Crippen molar-refractivity contribution < 1.29 is 22.8 Å². The monoisotopic (exact) mass is 342 g/mol. The minimum atomic E-state index is -4.56. The van der Waals surface area contributed by atoms with E-state index >= 15 is 0 Å². The molecule has 0 bridgehead atoms. The zero-order chi connectivity index (χ0) is 18.1. The van der Waals surface area contributed by atoms with Crippen molar-refractivity contribution in [1.29, 1.82) is 5.26 Å². The van der Waals surface area contributed by atoms with Crippen molar-refractivity contribution in [3.63, 3.8) is 0 Å². The summed E-state index contributed by atoms with van der Waals surface area (Å²) < 4.78 is 41.2. The first kappa shape index (κ1) is 17.8. The molecule has 0 unspecified atom stereocenters. The molecule has 1 aromatic heterocycles. The van der Waals surface area contributed by atoms with Crippen LogP contribution in [0.4, 0.5) is 13.2 Å². The van der Waals surface area contributed by atoms with Crippen molar-refractivity contribution >= 4 is 11.8 Å². The van der Waals surface area contributed by atoms with Gasteiger partial charge in [0.05, 0.1) is 5.56 Å². The minimum Gasteiger partial charge on any atom is -0.352 e. The van der Waals surface area contributed by atoms with Gasteiger partial charge in [0.1, 0.15) is 17.8 Å². The van der Waals surface area contributed by atoms with E-state index in [4.69, 9.17) is 5.26 Å². The van der Waals surface area contributed by atoms with Crippen LogP contribution in [0.3, 0.4) is 0 Å². The maximum absolute atomic E-state index is 13.3. The third kappa shape index (κ3) is 3.69. The number of carbonyl (C=O) groups is 2. The Morgan fingerprint density at radius 2 is 2.04 bits per heavy atom. The summed E-state index contributed by atoms with van der Waals surface area (Å²) in [5.41, 5.74) is 0.198. The van der Waals surface area contributed by atoms with Crippen molar-refractivity contribution in [2.24, 2.45) is 7.05 Å². The first-order valence-corrected chi connectivity index (χ1v) is 7.34. The molecule has 2 amide bonds. The molecule has 1 fully saturated rings. The average Bonchev–Trinajstić information content (AvgIpc) is 2.85. The van der Waals surface area contributed by atoms with Gasteiger partial charge in [-0.05, 0) is 18.9 Å². The minimum absolute atomic E-state index is 0.00396. The summed E-state index contributed by atoms with van der Waals surface area (Å²) in [4.78, 5) is 24.5. The topological polar surface area (TPSA) is 78.1 Å². The third-order valence-corrected chi connectivity index (χ3v) is 3.98. The Balaban J connectivity index is 2.32. The average molecular weight is 342 g/mol. The second-order valence-corrected chi connectivity index (χ2v) is 5.83. The van der Waals surface area contributed by atoms with Crippen molar-refractivity contribution in [2.45, 2.75) is 38.0 Å². The van der Waals surface area contributed by atoms with E-state index in [2.05, 4.69) is 5.32 Å². The van der Waals surface area contributed by atoms with Crippen molar-refractivity contribution in [2.75, 3.05) is 6.54 Å². The van der Waals surface area contributed by atoms with Gasteiger partial charge in [-0.2, -0.15) is 18.4 Å². The molecule has 1 aromatic rings. The van der Waals surface area contributed by atoms with E-state index in [0.717, 1.165) is 4.90 Å². The van der Waals surface area contributed by atoms with Crippen molar-refractivity contribution in [3.05, 3.63) is 23.5 Å². The molecule has 130 valence electrons. The lowest BCUT2D eigenvalue weighted by Crippen LogP contribution is -2.58. The standard InChI is InChI=1S/C15H17F3N4O2/c1-9(23)20-11-3-4-13(15(16,17)18)22(8-11)14(24)12-5-10(6-19)7-21(12)2/h5,7,11,13H,3-4,8H2,1-2H3,(H,20,23)/t11-,13-/m1/s1. The molecular formula is C15H17F3N4O2. The number of nitriles is 1. The van der Waals surface area contributed by atoms with Crippen LogP contribution in [0.1, 0.15) is 35.8 Å². The van der Waals surface area contributed by atoms with Gasteiger partial charge in [-0.15, -0.1) is 0 Å². The molecule has 2 rings (SSSR count). The fourth-order valence-corrected chi connectivity index (χ4v) is 2.93. The molecule has 9 heteroatoms. The van der Waals surface area contributed by atoms with Crippen LogP contribution >= 0.6 is 0 Å². The van der Waals surface area contributed by atoms with E-state index in [-0.39, 0.29) is 36.6 Å². The molecule has 0 saturated carbocycles. The molecule has 0 aliphatic carbocycles. The summed E-state index contributed by atoms with van der Waals surface area (Å²) in [5.74, 6) is -1.17. The maximum atomic E-state index is 13.3. The van der Waals surface area contributed by atoms with Gasteiger partial charge in [0, 0.05) is 32.8 Å². The Hall–Kier alpha value is -2.50. The summed E-state index contributed by atoms with van der Waals surface area (Å²) in [5, 5.41) is 11.4. The number of aromatic nitrogens is 1. The van der Waals surface area contributed by atoms with Crippen LogP contribution in [0.5, 0.6) is 0 Å². The highest BCUT2D eigenvalue weighted by Crippen LogP contribution is 2.33. The van der Waals surface area contributed by atoms with Crippen LogP contribution in [0.25, 0.3) is 0 Å².